The first-order valence-electron chi connectivity index (χ1n) is 7.97. The van der Waals surface area contributed by atoms with Gasteiger partial charge in [0.05, 0.1) is 0 Å². The second kappa shape index (κ2) is 11.7. The average Bonchev–Trinajstić information content (AvgIpc) is 2.58. The normalized spacial score (nSPS) is 11.6. The largest absolute Gasteiger partial charge is 0.457 e. The predicted octanol–water partition coefficient (Wildman–Crippen LogP) is 4.79. The van der Waals surface area contributed by atoms with Gasteiger partial charge >= 0.3 is 6.18 Å². The first-order chi connectivity index (χ1) is 12.4. The van der Waals surface area contributed by atoms with Crippen LogP contribution in [0.4, 0.5) is 18.9 Å². The quantitative estimate of drug-likeness (QED) is 0.239. The van der Waals surface area contributed by atoms with E-state index in [4.69, 9.17) is 10.5 Å². The Morgan fingerprint density at radius 1 is 1.04 bits per heavy atom. The molecule has 148 valence electrons. The number of ether oxygens (including phenoxy) is 2. The van der Waals surface area contributed by atoms with Crippen molar-refractivity contribution in [2.45, 2.75) is 12.6 Å². The maximum atomic E-state index is 11.9. The van der Waals surface area contributed by atoms with Crippen molar-refractivity contribution < 1.29 is 22.6 Å². The fourth-order valence-electron chi connectivity index (χ4n) is 2.00. The molecule has 0 spiro atoms. The molecule has 2 aromatic rings. The zero-order valence-electron chi connectivity index (χ0n) is 14.4. The van der Waals surface area contributed by atoms with E-state index in [0.717, 1.165) is 0 Å². The lowest BCUT2D eigenvalue weighted by molar-refractivity contribution is -0.173. The monoisotopic (exact) mass is 495 g/mol. The summed E-state index contributed by atoms with van der Waals surface area (Å²) >= 11 is 0. The highest BCUT2D eigenvalue weighted by atomic mass is 127. The highest BCUT2D eigenvalue weighted by Gasteiger charge is 2.27. The summed E-state index contributed by atoms with van der Waals surface area (Å²) in [5.41, 5.74) is 6.46. The van der Waals surface area contributed by atoms with Crippen LogP contribution in [-0.2, 0) is 4.74 Å². The number of nitrogens with one attached hydrogen (secondary N) is 1. The molecule has 0 fully saturated rings. The van der Waals surface area contributed by atoms with Crippen molar-refractivity contribution in [1.29, 1.82) is 0 Å². The van der Waals surface area contributed by atoms with Gasteiger partial charge in [-0.2, -0.15) is 13.2 Å². The highest BCUT2D eigenvalue weighted by molar-refractivity contribution is 14.0. The van der Waals surface area contributed by atoms with E-state index in [1.807, 2.05) is 36.4 Å². The van der Waals surface area contributed by atoms with E-state index in [1.54, 1.807) is 18.2 Å². The van der Waals surface area contributed by atoms with Crippen LogP contribution in [0.5, 0.6) is 11.5 Å². The molecular formula is C18H21F3IN3O2. The lowest BCUT2D eigenvalue weighted by Gasteiger charge is -2.09. The summed E-state index contributed by atoms with van der Waals surface area (Å²) < 4.78 is 46.0. The van der Waals surface area contributed by atoms with E-state index in [2.05, 4.69) is 15.0 Å². The zero-order chi connectivity index (χ0) is 18.8. The average molecular weight is 495 g/mol. The standard InChI is InChI=1S/C18H20F3N3O2.HI/c19-18(20,21)13-25-11-5-10-23-17(22)24-14-6-4-9-16(12-14)26-15-7-2-1-3-8-15;/h1-4,6-9,12H,5,10-11,13H2,(H3,22,23,24);1H. The van der Waals surface area contributed by atoms with Crippen LogP contribution < -0.4 is 15.8 Å². The number of hydrogen-bond acceptors (Lipinski definition) is 3. The summed E-state index contributed by atoms with van der Waals surface area (Å²) in [6.07, 6.45) is -3.97. The van der Waals surface area contributed by atoms with Crippen LogP contribution in [-0.4, -0.2) is 31.9 Å². The summed E-state index contributed by atoms with van der Waals surface area (Å²) in [5.74, 6) is 1.51. The number of halogens is 4. The Morgan fingerprint density at radius 3 is 2.44 bits per heavy atom. The summed E-state index contributed by atoms with van der Waals surface area (Å²) in [7, 11) is 0. The van der Waals surface area contributed by atoms with Crippen LogP contribution in [0.1, 0.15) is 6.42 Å². The van der Waals surface area contributed by atoms with E-state index >= 15 is 0 Å². The Bertz CT molecular complexity index is 712. The minimum absolute atomic E-state index is 0. The Morgan fingerprint density at radius 2 is 1.74 bits per heavy atom. The van der Waals surface area contributed by atoms with Crippen LogP contribution in [0.3, 0.4) is 0 Å². The maximum Gasteiger partial charge on any atom is 0.411 e. The fourth-order valence-corrected chi connectivity index (χ4v) is 2.00. The van der Waals surface area contributed by atoms with Crippen LogP contribution in [0, 0.1) is 0 Å². The molecular weight excluding hydrogens is 474 g/mol. The predicted molar refractivity (Wildman–Crippen MR) is 110 cm³/mol. The fraction of sp³-hybridized carbons (Fsp3) is 0.278. The first-order valence-corrected chi connectivity index (χ1v) is 7.97. The molecule has 27 heavy (non-hydrogen) atoms. The van der Waals surface area contributed by atoms with Gasteiger partial charge in [0.1, 0.15) is 18.1 Å². The molecule has 2 rings (SSSR count). The third-order valence-electron chi connectivity index (χ3n) is 3.08. The molecule has 0 heterocycles. The smallest absolute Gasteiger partial charge is 0.411 e. The second-order valence-corrected chi connectivity index (χ2v) is 5.36. The van der Waals surface area contributed by atoms with E-state index in [-0.39, 0.29) is 43.1 Å². The number of hydrogen-bond donors (Lipinski definition) is 2. The molecule has 0 aliphatic carbocycles. The summed E-state index contributed by atoms with van der Waals surface area (Å²) in [6.45, 7) is -1.02. The number of benzene rings is 2. The van der Waals surface area contributed by atoms with Crippen molar-refractivity contribution in [2.75, 3.05) is 25.1 Å². The van der Waals surface area contributed by atoms with Gasteiger partial charge in [-0.25, -0.2) is 0 Å². The van der Waals surface area contributed by atoms with Gasteiger partial charge in [0.2, 0.25) is 0 Å². The molecule has 0 bridgehead atoms. The van der Waals surface area contributed by atoms with Crippen molar-refractivity contribution >= 4 is 35.6 Å². The van der Waals surface area contributed by atoms with Crippen LogP contribution in [0.2, 0.25) is 0 Å². The molecule has 0 amide bonds. The number of alkyl halides is 3. The molecule has 0 saturated heterocycles. The van der Waals surface area contributed by atoms with Crippen LogP contribution in [0.25, 0.3) is 0 Å². The third-order valence-corrected chi connectivity index (χ3v) is 3.08. The minimum Gasteiger partial charge on any atom is -0.457 e. The van der Waals surface area contributed by atoms with Gasteiger partial charge in [0.25, 0.3) is 0 Å². The van der Waals surface area contributed by atoms with E-state index in [1.165, 1.54) is 0 Å². The van der Waals surface area contributed by atoms with Gasteiger partial charge in [-0.15, -0.1) is 24.0 Å². The third kappa shape index (κ3) is 10.0. The lowest BCUT2D eigenvalue weighted by Crippen LogP contribution is -2.23. The number of para-hydroxylation sites is 1. The number of nitrogens with two attached hydrogens (primary N) is 1. The molecule has 0 atom stereocenters. The number of anilines is 1. The molecule has 0 unspecified atom stereocenters. The van der Waals surface area contributed by atoms with Gasteiger partial charge < -0.3 is 20.5 Å². The highest BCUT2D eigenvalue weighted by Crippen LogP contribution is 2.23. The second-order valence-electron chi connectivity index (χ2n) is 5.36. The number of nitrogens with zero attached hydrogens (tertiary/aromatic N) is 1. The van der Waals surface area contributed by atoms with E-state index < -0.39 is 12.8 Å². The zero-order valence-corrected chi connectivity index (χ0v) is 16.7. The van der Waals surface area contributed by atoms with Crippen LogP contribution >= 0.6 is 24.0 Å². The molecule has 2 aromatic carbocycles. The van der Waals surface area contributed by atoms with E-state index in [9.17, 15) is 13.2 Å². The van der Waals surface area contributed by atoms with Crippen molar-refractivity contribution in [3.63, 3.8) is 0 Å². The Kier molecular flexibility index (Phi) is 9.94. The SMILES string of the molecule is I.NC(=NCCCOCC(F)(F)F)Nc1cccc(Oc2ccccc2)c1. The summed E-state index contributed by atoms with van der Waals surface area (Å²) in [5, 5.41) is 2.91. The number of rotatable bonds is 8. The lowest BCUT2D eigenvalue weighted by atomic mass is 10.3. The maximum absolute atomic E-state index is 11.9. The van der Waals surface area contributed by atoms with Gasteiger partial charge in [0.15, 0.2) is 5.96 Å². The molecule has 0 saturated carbocycles. The van der Waals surface area contributed by atoms with Gasteiger partial charge in [-0.1, -0.05) is 24.3 Å². The van der Waals surface area contributed by atoms with Crippen LogP contribution in [0.15, 0.2) is 59.6 Å². The first kappa shape index (κ1) is 23.0. The van der Waals surface area contributed by atoms with Crippen molar-refractivity contribution in [3.8, 4) is 11.5 Å². The topological polar surface area (TPSA) is 68.9 Å². The Balaban J connectivity index is 0.00000364. The Labute approximate surface area is 172 Å². The molecule has 9 heteroatoms. The minimum atomic E-state index is -4.31. The molecule has 3 N–H and O–H groups in total. The van der Waals surface area contributed by atoms with E-state index in [0.29, 0.717) is 23.6 Å². The Hall–Kier alpha value is -2.01. The molecule has 0 radical (unpaired) electrons. The van der Waals surface area contributed by atoms with Crippen molar-refractivity contribution in [1.82, 2.24) is 0 Å². The molecule has 0 aromatic heterocycles. The van der Waals surface area contributed by atoms with Crippen molar-refractivity contribution in [3.05, 3.63) is 54.6 Å². The molecule has 0 aliphatic heterocycles. The summed E-state index contributed by atoms with van der Waals surface area (Å²) in [4.78, 5) is 4.05. The van der Waals surface area contributed by atoms with Gasteiger partial charge in [-0.3, -0.25) is 4.99 Å². The summed E-state index contributed by atoms with van der Waals surface area (Å²) in [6, 6.07) is 16.5. The van der Waals surface area contributed by atoms with Gasteiger partial charge in [-0.05, 0) is 30.7 Å². The number of aliphatic imine (C=N–C) groups is 1. The number of guanidine groups is 1. The molecule has 0 aliphatic rings. The van der Waals surface area contributed by atoms with Crippen molar-refractivity contribution in [2.24, 2.45) is 10.7 Å². The molecule has 5 nitrogen and oxygen atoms in total. The van der Waals surface area contributed by atoms with Gasteiger partial charge in [0, 0.05) is 24.9 Å².